The zero-order valence-corrected chi connectivity index (χ0v) is 12.5. The average molecular weight is 274 g/mol. The minimum atomic E-state index is 0.261. The molecule has 1 atom stereocenters. The van der Waals surface area contributed by atoms with E-state index in [1.165, 1.54) is 18.4 Å². The van der Waals surface area contributed by atoms with E-state index in [0.29, 0.717) is 12.6 Å². The first-order valence-corrected chi connectivity index (χ1v) is 7.79. The van der Waals surface area contributed by atoms with Crippen LogP contribution in [0.5, 0.6) is 0 Å². The van der Waals surface area contributed by atoms with Crippen LogP contribution in [0.3, 0.4) is 0 Å². The minimum Gasteiger partial charge on any atom is -0.339 e. The maximum atomic E-state index is 12.1. The lowest BCUT2D eigenvalue weighted by Gasteiger charge is -2.36. The number of nitrogens with zero attached hydrogens (tertiary/aromatic N) is 1. The van der Waals surface area contributed by atoms with Crippen LogP contribution in [0.2, 0.25) is 0 Å². The minimum absolute atomic E-state index is 0.261. The Bertz CT molecular complexity index is 405. The first-order valence-electron chi connectivity index (χ1n) is 7.79. The quantitative estimate of drug-likeness (QED) is 0.865. The molecule has 1 fully saturated rings. The number of aryl methyl sites for hydroxylation is 1. The molecule has 1 aromatic rings. The van der Waals surface area contributed by atoms with Crippen molar-refractivity contribution in [3.63, 3.8) is 0 Å². The molecule has 1 aliphatic heterocycles. The van der Waals surface area contributed by atoms with E-state index >= 15 is 0 Å². The number of amides is 1. The maximum Gasteiger partial charge on any atom is 0.236 e. The number of rotatable bonds is 6. The van der Waals surface area contributed by atoms with E-state index in [9.17, 15) is 4.79 Å². The van der Waals surface area contributed by atoms with Crippen LogP contribution in [0.25, 0.3) is 0 Å². The van der Waals surface area contributed by atoms with Crippen molar-refractivity contribution in [2.24, 2.45) is 0 Å². The monoisotopic (exact) mass is 274 g/mol. The van der Waals surface area contributed by atoms with E-state index in [1.54, 1.807) is 0 Å². The predicted molar refractivity (Wildman–Crippen MR) is 82.7 cm³/mol. The van der Waals surface area contributed by atoms with Crippen molar-refractivity contribution >= 4 is 5.91 Å². The van der Waals surface area contributed by atoms with Crippen LogP contribution in [0, 0.1) is 0 Å². The summed E-state index contributed by atoms with van der Waals surface area (Å²) in [6.07, 6.45) is 7.00. The van der Waals surface area contributed by atoms with Crippen molar-refractivity contribution in [2.75, 3.05) is 20.1 Å². The maximum absolute atomic E-state index is 12.1. The molecule has 1 amide bonds. The van der Waals surface area contributed by atoms with Gasteiger partial charge in [-0.15, -0.1) is 0 Å². The Hall–Kier alpha value is -1.35. The van der Waals surface area contributed by atoms with Crippen molar-refractivity contribution in [1.82, 2.24) is 10.2 Å². The number of carbonyl (C=O) groups excluding carboxylic acids is 1. The van der Waals surface area contributed by atoms with E-state index in [1.807, 2.05) is 7.05 Å². The third-order valence-corrected chi connectivity index (χ3v) is 4.12. The molecule has 0 aliphatic carbocycles. The number of likely N-dealkylation sites (N-methyl/N-ethyl adjacent to an activating group) is 1. The molecule has 3 nitrogen and oxygen atoms in total. The van der Waals surface area contributed by atoms with Gasteiger partial charge in [-0.2, -0.15) is 0 Å². The van der Waals surface area contributed by atoms with E-state index in [2.05, 4.69) is 40.5 Å². The lowest BCUT2D eigenvalue weighted by molar-refractivity contribution is -0.133. The second-order valence-electron chi connectivity index (χ2n) is 5.64. The van der Waals surface area contributed by atoms with Gasteiger partial charge in [-0.1, -0.05) is 30.3 Å². The van der Waals surface area contributed by atoms with E-state index in [4.69, 9.17) is 0 Å². The molecule has 3 heteroatoms. The first-order chi connectivity index (χ1) is 9.81. The normalized spacial score (nSPS) is 19.1. The fraction of sp³-hybridized carbons (Fsp3) is 0.588. The first kappa shape index (κ1) is 15.0. The largest absolute Gasteiger partial charge is 0.339 e. The molecule has 0 bridgehead atoms. The summed E-state index contributed by atoms with van der Waals surface area (Å²) >= 11 is 0. The van der Waals surface area contributed by atoms with Crippen LogP contribution in [-0.4, -0.2) is 37.0 Å². The fourth-order valence-electron chi connectivity index (χ4n) is 3.07. The van der Waals surface area contributed by atoms with Gasteiger partial charge in [0.15, 0.2) is 0 Å². The number of piperidine rings is 1. The molecule has 0 saturated carbocycles. The highest BCUT2D eigenvalue weighted by molar-refractivity contribution is 5.78. The SMILES string of the molecule is CNCC(=O)N1CCCCC1CCCc1ccccc1. The highest BCUT2D eigenvalue weighted by Gasteiger charge is 2.25. The Morgan fingerprint density at radius 2 is 2.10 bits per heavy atom. The number of benzene rings is 1. The number of carbonyl (C=O) groups is 1. The molecule has 1 unspecified atom stereocenters. The lowest BCUT2D eigenvalue weighted by Crippen LogP contribution is -2.46. The molecule has 1 aliphatic rings. The Balaban J connectivity index is 1.81. The second kappa shape index (κ2) is 8.05. The van der Waals surface area contributed by atoms with E-state index in [0.717, 1.165) is 32.2 Å². The third kappa shape index (κ3) is 4.34. The Kier molecular flexibility index (Phi) is 6.06. The van der Waals surface area contributed by atoms with E-state index < -0.39 is 0 Å². The van der Waals surface area contributed by atoms with E-state index in [-0.39, 0.29) is 5.91 Å². The predicted octanol–water partition coefficient (Wildman–Crippen LogP) is 2.61. The average Bonchev–Trinajstić information content (AvgIpc) is 2.49. The summed E-state index contributed by atoms with van der Waals surface area (Å²) in [5.41, 5.74) is 1.40. The molecular weight excluding hydrogens is 248 g/mol. The molecule has 2 rings (SSSR count). The molecule has 110 valence electrons. The number of hydrogen-bond acceptors (Lipinski definition) is 2. The highest BCUT2D eigenvalue weighted by Crippen LogP contribution is 2.21. The van der Waals surface area contributed by atoms with Gasteiger partial charge in [0.1, 0.15) is 0 Å². The standard InChI is InChI=1S/C17H26N2O/c1-18-14-17(20)19-13-6-5-11-16(19)12-7-10-15-8-3-2-4-9-15/h2-4,8-9,16,18H,5-7,10-14H2,1H3. The van der Waals surface area contributed by atoms with Crippen molar-refractivity contribution in [2.45, 2.75) is 44.6 Å². The summed E-state index contributed by atoms with van der Waals surface area (Å²) in [5.74, 6) is 0.261. The second-order valence-corrected chi connectivity index (χ2v) is 5.64. The molecule has 1 aromatic carbocycles. The highest BCUT2D eigenvalue weighted by atomic mass is 16.2. The van der Waals surface area contributed by atoms with Gasteiger partial charge in [-0.05, 0) is 51.1 Å². The molecule has 1 heterocycles. The Labute approximate surface area is 122 Å². The van der Waals surface area contributed by atoms with Crippen LogP contribution < -0.4 is 5.32 Å². The van der Waals surface area contributed by atoms with Gasteiger partial charge in [-0.3, -0.25) is 4.79 Å². The van der Waals surface area contributed by atoms with Crippen molar-refractivity contribution < 1.29 is 4.79 Å². The molecule has 0 radical (unpaired) electrons. The summed E-state index contributed by atoms with van der Waals surface area (Å²) < 4.78 is 0. The van der Waals surface area contributed by atoms with Gasteiger partial charge in [0.05, 0.1) is 6.54 Å². The number of hydrogen-bond donors (Lipinski definition) is 1. The van der Waals surface area contributed by atoms with Crippen LogP contribution in [0.1, 0.15) is 37.7 Å². The molecule has 0 aromatic heterocycles. The number of likely N-dealkylation sites (tertiary alicyclic amines) is 1. The molecule has 1 saturated heterocycles. The van der Waals surface area contributed by atoms with Crippen molar-refractivity contribution in [3.8, 4) is 0 Å². The lowest BCUT2D eigenvalue weighted by atomic mass is 9.96. The van der Waals surface area contributed by atoms with Crippen LogP contribution in [0.4, 0.5) is 0 Å². The third-order valence-electron chi connectivity index (χ3n) is 4.12. The summed E-state index contributed by atoms with van der Waals surface area (Å²) in [5, 5.41) is 2.98. The van der Waals surface area contributed by atoms with Gasteiger partial charge < -0.3 is 10.2 Å². The van der Waals surface area contributed by atoms with Crippen LogP contribution >= 0.6 is 0 Å². The molecule has 1 N–H and O–H groups in total. The summed E-state index contributed by atoms with van der Waals surface area (Å²) in [6.45, 7) is 1.41. The van der Waals surface area contributed by atoms with Gasteiger partial charge in [0, 0.05) is 12.6 Å². The number of nitrogens with one attached hydrogen (secondary N) is 1. The molecule has 0 spiro atoms. The van der Waals surface area contributed by atoms with Gasteiger partial charge in [0.2, 0.25) is 5.91 Å². The van der Waals surface area contributed by atoms with Gasteiger partial charge >= 0.3 is 0 Å². The molecular formula is C17H26N2O. The summed E-state index contributed by atoms with van der Waals surface area (Å²) in [6, 6.07) is 11.1. The van der Waals surface area contributed by atoms with Crippen molar-refractivity contribution in [1.29, 1.82) is 0 Å². The Morgan fingerprint density at radius 3 is 2.85 bits per heavy atom. The molecule has 20 heavy (non-hydrogen) atoms. The zero-order chi connectivity index (χ0) is 14.2. The van der Waals surface area contributed by atoms with Crippen LogP contribution in [0.15, 0.2) is 30.3 Å². The van der Waals surface area contributed by atoms with Crippen LogP contribution in [-0.2, 0) is 11.2 Å². The van der Waals surface area contributed by atoms with Gasteiger partial charge in [0.25, 0.3) is 0 Å². The smallest absolute Gasteiger partial charge is 0.236 e. The van der Waals surface area contributed by atoms with Gasteiger partial charge in [-0.25, -0.2) is 0 Å². The summed E-state index contributed by atoms with van der Waals surface area (Å²) in [7, 11) is 1.84. The van der Waals surface area contributed by atoms with Crippen molar-refractivity contribution in [3.05, 3.63) is 35.9 Å². The fourth-order valence-corrected chi connectivity index (χ4v) is 3.07. The topological polar surface area (TPSA) is 32.3 Å². The Morgan fingerprint density at radius 1 is 1.30 bits per heavy atom. The summed E-state index contributed by atoms with van der Waals surface area (Å²) in [4.78, 5) is 14.2. The zero-order valence-electron chi connectivity index (χ0n) is 12.5.